The van der Waals surface area contributed by atoms with Gasteiger partial charge < -0.3 is 19.9 Å². The Balaban J connectivity index is 1.50. The molecule has 204 valence electrons. The highest BCUT2D eigenvalue weighted by atomic mass is 32.2. The molecule has 2 atom stereocenters. The van der Waals surface area contributed by atoms with E-state index in [1.807, 2.05) is 0 Å². The van der Waals surface area contributed by atoms with Gasteiger partial charge in [-0.1, -0.05) is 36.4 Å². The van der Waals surface area contributed by atoms with Gasteiger partial charge >= 0.3 is 11.9 Å². The molecule has 1 aliphatic carbocycles. The van der Waals surface area contributed by atoms with Crippen LogP contribution in [0.2, 0.25) is 0 Å². The van der Waals surface area contributed by atoms with Crippen LogP contribution in [0.3, 0.4) is 0 Å². The number of aliphatic hydroxyl groups is 1. The van der Waals surface area contributed by atoms with Crippen LogP contribution in [0.25, 0.3) is 0 Å². The number of rotatable bonds is 11. The third-order valence-corrected chi connectivity index (χ3v) is 6.60. The number of benzene rings is 3. The first-order valence-corrected chi connectivity index (χ1v) is 12.6. The normalized spacial score (nSPS) is 15.7. The van der Waals surface area contributed by atoms with Gasteiger partial charge in [0, 0.05) is 11.4 Å². The molecule has 0 spiro atoms. The highest BCUT2D eigenvalue weighted by Crippen LogP contribution is 2.38. The highest BCUT2D eigenvalue weighted by Gasteiger charge is 2.32. The second-order valence-corrected chi connectivity index (χ2v) is 10.1. The molecule has 0 bridgehead atoms. The van der Waals surface area contributed by atoms with Crippen LogP contribution in [-0.2, 0) is 6.61 Å². The van der Waals surface area contributed by atoms with Crippen LogP contribution >= 0.6 is 11.8 Å². The van der Waals surface area contributed by atoms with Crippen molar-refractivity contribution in [3.63, 3.8) is 0 Å². The molecule has 38 heavy (non-hydrogen) atoms. The van der Waals surface area contributed by atoms with Crippen LogP contribution in [0, 0.1) is 5.92 Å². The summed E-state index contributed by atoms with van der Waals surface area (Å²) in [5, 5.41) is 13.7. The van der Waals surface area contributed by atoms with E-state index >= 15 is 0 Å². The van der Waals surface area contributed by atoms with E-state index in [1.54, 1.807) is 36.4 Å². The lowest BCUT2D eigenvalue weighted by Gasteiger charge is -2.23. The molecule has 0 aromatic heterocycles. The van der Waals surface area contributed by atoms with Crippen LogP contribution < -0.4 is 14.8 Å². The van der Waals surface area contributed by atoms with E-state index in [9.17, 15) is 31.4 Å². The molecule has 0 amide bonds. The standard InChI is InChI=1S/C27H25F6NO3S/c28-26(29,30)37-21-11-7-17(8-12-21)16-36-22-5-1-3-19(13-22)25(34-15-24(35)18-9-10-18)20-4-2-6-23(14-20)38-27(31,32)33/h1-8,11-14,18,24-25,34-35H,9-10,15-16H2. The van der Waals surface area contributed by atoms with Crippen molar-refractivity contribution in [1.82, 2.24) is 5.32 Å². The Hall–Kier alpha value is -2.89. The van der Waals surface area contributed by atoms with Crippen LogP contribution in [0.4, 0.5) is 26.3 Å². The number of nitrogens with one attached hydrogen (secondary N) is 1. The minimum absolute atomic E-state index is 0.0508. The summed E-state index contributed by atoms with van der Waals surface area (Å²) >= 11 is -0.194. The molecule has 0 saturated heterocycles. The maximum Gasteiger partial charge on any atom is 0.573 e. The molecule has 1 saturated carbocycles. The van der Waals surface area contributed by atoms with E-state index in [0.29, 0.717) is 22.4 Å². The lowest BCUT2D eigenvalue weighted by atomic mass is 9.98. The Bertz CT molecular complexity index is 1200. The summed E-state index contributed by atoms with van der Waals surface area (Å²) in [4.78, 5) is 0.0508. The molecule has 0 aliphatic heterocycles. The third-order valence-electron chi connectivity index (χ3n) is 5.88. The number of ether oxygens (including phenoxy) is 2. The zero-order chi connectivity index (χ0) is 27.3. The van der Waals surface area contributed by atoms with Crippen LogP contribution in [0.15, 0.2) is 77.7 Å². The Morgan fingerprint density at radius 1 is 0.868 bits per heavy atom. The SMILES string of the molecule is OC(CNC(c1cccc(OCc2ccc(OC(F)(F)F)cc2)c1)c1cccc(SC(F)(F)F)c1)C1CC1. The molecule has 3 aromatic carbocycles. The lowest BCUT2D eigenvalue weighted by Crippen LogP contribution is -2.32. The minimum atomic E-state index is -4.78. The van der Waals surface area contributed by atoms with Crippen molar-refractivity contribution in [1.29, 1.82) is 0 Å². The third kappa shape index (κ3) is 8.85. The second kappa shape index (κ2) is 11.9. The monoisotopic (exact) mass is 557 g/mol. The Morgan fingerprint density at radius 3 is 2.16 bits per heavy atom. The Labute approximate surface area is 220 Å². The molecule has 1 fully saturated rings. The largest absolute Gasteiger partial charge is 0.573 e. The molecule has 2 unspecified atom stereocenters. The van der Waals surface area contributed by atoms with Crippen molar-refractivity contribution < 1.29 is 40.9 Å². The maximum absolute atomic E-state index is 13.0. The zero-order valence-corrected chi connectivity index (χ0v) is 20.7. The van der Waals surface area contributed by atoms with Gasteiger partial charge in [-0.2, -0.15) is 13.2 Å². The Kier molecular flexibility index (Phi) is 8.79. The molecule has 4 nitrogen and oxygen atoms in total. The van der Waals surface area contributed by atoms with Crippen LogP contribution in [-0.4, -0.2) is 29.6 Å². The predicted molar refractivity (Wildman–Crippen MR) is 131 cm³/mol. The first-order chi connectivity index (χ1) is 17.9. The van der Waals surface area contributed by atoms with Gasteiger partial charge in [0.1, 0.15) is 18.1 Å². The van der Waals surface area contributed by atoms with Gasteiger partial charge in [0.15, 0.2) is 0 Å². The number of thioether (sulfide) groups is 1. The minimum Gasteiger partial charge on any atom is -0.489 e. The Morgan fingerprint density at radius 2 is 1.53 bits per heavy atom. The number of hydrogen-bond donors (Lipinski definition) is 2. The summed E-state index contributed by atoms with van der Waals surface area (Å²) in [7, 11) is 0. The molecule has 0 radical (unpaired) electrons. The second-order valence-electron chi connectivity index (χ2n) is 8.92. The van der Waals surface area contributed by atoms with Gasteiger partial charge in [-0.05, 0) is 83.6 Å². The van der Waals surface area contributed by atoms with E-state index in [4.69, 9.17) is 4.74 Å². The number of aliphatic hydroxyl groups excluding tert-OH is 1. The summed E-state index contributed by atoms with van der Waals surface area (Å²) in [6.45, 7) is 0.343. The molecule has 0 heterocycles. The summed E-state index contributed by atoms with van der Waals surface area (Å²) in [6.07, 6.45) is -3.45. The van der Waals surface area contributed by atoms with E-state index in [0.717, 1.165) is 12.8 Å². The quantitative estimate of drug-likeness (QED) is 0.193. The molecule has 2 N–H and O–H groups in total. The zero-order valence-electron chi connectivity index (χ0n) is 19.9. The fourth-order valence-corrected chi connectivity index (χ4v) is 4.55. The van der Waals surface area contributed by atoms with E-state index in [2.05, 4.69) is 10.1 Å². The highest BCUT2D eigenvalue weighted by molar-refractivity contribution is 8.00. The first-order valence-electron chi connectivity index (χ1n) is 11.8. The van der Waals surface area contributed by atoms with Gasteiger partial charge in [-0.3, -0.25) is 0 Å². The average molecular weight is 558 g/mol. The van der Waals surface area contributed by atoms with Crippen molar-refractivity contribution in [2.24, 2.45) is 5.92 Å². The van der Waals surface area contributed by atoms with E-state index in [-0.39, 0.29) is 41.5 Å². The van der Waals surface area contributed by atoms with Crippen LogP contribution in [0.5, 0.6) is 11.5 Å². The first kappa shape index (κ1) is 28.1. The topological polar surface area (TPSA) is 50.7 Å². The molecular formula is C27H25F6NO3S. The molecule has 4 rings (SSSR count). The van der Waals surface area contributed by atoms with E-state index in [1.165, 1.54) is 36.4 Å². The lowest BCUT2D eigenvalue weighted by molar-refractivity contribution is -0.274. The number of alkyl halides is 6. The maximum atomic E-state index is 13.0. The van der Waals surface area contributed by atoms with Gasteiger partial charge in [0.25, 0.3) is 0 Å². The van der Waals surface area contributed by atoms with Crippen LogP contribution in [0.1, 0.15) is 35.6 Å². The van der Waals surface area contributed by atoms with Gasteiger partial charge in [-0.15, -0.1) is 13.2 Å². The van der Waals surface area contributed by atoms with E-state index < -0.39 is 24.0 Å². The van der Waals surface area contributed by atoms with Gasteiger partial charge in [-0.25, -0.2) is 0 Å². The molecule has 11 heteroatoms. The van der Waals surface area contributed by atoms with Crippen molar-refractivity contribution in [3.8, 4) is 11.5 Å². The summed E-state index contributed by atoms with van der Waals surface area (Å²) in [5.41, 5.74) is -2.49. The molecular weight excluding hydrogens is 532 g/mol. The number of hydrogen-bond acceptors (Lipinski definition) is 5. The predicted octanol–water partition coefficient (Wildman–Crippen LogP) is 7.23. The average Bonchev–Trinajstić information content (AvgIpc) is 3.68. The number of halogens is 6. The fourth-order valence-electron chi connectivity index (χ4n) is 3.94. The van der Waals surface area contributed by atoms with Gasteiger partial charge in [0.05, 0.1) is 12.1 Å². The van der Waals surface area contributed by atoms with Crippen molar-refractivity contribution in [3.05, 3.63) is 89.5 Å². The summed E-state index contributed by atoms with van der Waals surface area (Å²) < 4.78 is 85.6. The van der Waals surface area contributed by atoms with Crippen molar-refractivity contribution in [2.45, 2.75) is 48.4 Å². The summed E-state index contributed by atoms with van der Waals surface area (Å²) in [6, 6.07) is 17.9. The fraction of sp³-hybridized carbons (Fsp3) is 0.333. The van der Waals surface area contributed by atoms with Crippen molar-refractivity contribution in [2.75, 3.05) is 6.54 Å². The van der Waals surface area contributed by atoms with Gasteiger partial charge in [0.2, 0.25) is 0 Å². The smallest absolute Gasteiger partial charge is 0.489 e. The molecule has 1 aliphatic rings. The molecule has 3 aromatic rings. The van der Waals surface area contributed by atoms with Crippen molar-refractivity contribution >= 4 is 11.8 Å². The summed E-state index contributed by atoms with van der Waals surface area (Å²) in [5.74, 6) is 0.350.